The number of hydrogen-bond acceptors (Lipinski definition) is 4. The zero-order valence-corrected chi connectivity index (χ0v) is 12.9. The summed E-state index contributed by atoms with van der Waals surface area (Å²) in [6.45, 7) is 12.8. The molecule has 1 aromatic heterocycles. The highest BCUT2D eigenvalue weighted by molar-refractivity contribution is 5.30. The molecule has 0 saturated carbocycles. The third-order valence-corrected chi connectivity index (χ3v) is 3.96. The van der Waals surface area contributed by atoms with Crippen LogP contribution in [0, 0.1) is 5.92 Å². The lowest BCUT2D eigenvalue weighted by Gasteiger charge is -2.36. The normalized spacial score (nSPS) is 24.8. The molecular weight excluding hydrogens is 238 g/mol. The van der Waals surface area contributed by atoms with Crippen LogP contribution in [0.1, 0.15) is 53.2 Å². The minimum atomic E-state index is 0.103. The summed E-state index contributed by atoms with van der Waals surface area (Å²) in [6.07, 6.45) is 4.31. The summed E-state index contributed by atoms with van der Waals surface area (Å²) in [5.74, 6) is 0.705. The number of nitrogens with one attached hydrogen (secondary N) is 1. The van der Waals surface area contributed by atoms with Crippen molar-refractivity contribution in [2.24, 2.45) is 5.92 Å². The standard InChI is InChI=1S/C15H27N3O/c1-11-7-6-8-18(12(11)2)14-17-13(10-19-14)9-16-15(3,4)5/h10-12,16H,6-9H2,1-5H3. The number of aromatic nitrogens is 1. The van der Waals surface area contributed by atoms with Gasteiger partial charge in [0.05, 0.1) is 5.69 Å². The number of hydrogen-bond donors (Lipinski definition) is 1. The summed E-state index contributed by atoms with van der Waals surface area (Å²) >= 11 is 0. The van der Waals surface area contributed by atoms with Gasteiger partial charge < -0.3 is 14.6 Å². The number of piperidine rings is 1. The number of anilines is 1. The van der Waals surface area contributed by atoms with Gasteiger partial charge in [-0.05, 0) is 46.5 Å². The SMILES string of the molecule is CC1CCCN(c2nc(CNC(C)(C)C)co2)C1C. The van der Waals surface area contributed by atoms with Gasteiger partial charge in [0.2, 0.25) is 0 Å². The van der Waals surface area contributed by atoms with Crippen molar-refractivity contribution in [1.29, 1.82) is 0 Å². The third kappa shape index (κ3) is 3.72. The summed E-state index contributed by atoms with van der Waals surface area (Å²) in [5.41, 5.74) is 1.09. The zero-order valence-electron chi connectivity index (χ0n) is 12.9. The van der Waals surface area contributed by atoms with Gasteiger partial charge in [0.15, 0.2) is 0 Å². The molecule has 1 fully saturated rings. The Kier molecular flexibility index (Phi) is 4.19. The first-order valence-corrected chi connectivity index (χ1v) is 7.33. The van der Waals surface area contributed by atoms with Crippen molar-refractivity contribution in [1.82, 2.24) is 10.3 Å². The van der Waals surface area contributed by atoms with E-state index >= 15 is 0 Å². The fraction of sp³-hybridized carbons (Fsp3) is 0.800. The van der Waals surface area contributed by atoms with Gasteiger partial charge >= 0.3 is 0 Å². The molecule has 1 aliphatic rings. The van der Waals surface area contributed by atoms with E-state index in [0.717, 1.165) is 24.8 Å². The molecule has 19 heavy (non-hydrogen) atoms. The van der Waals surface area contributed by atoms with Gasteiger partial charge in [0.1, 0.15) is 6.26 Å². The Balaban J connectivity index is 2.00. The Hall–Kier alpha value is -1.03. The molecule has 1 aromatic rings. The van der Waals surface area contributed by atoms with E-state index in [4.69, 9.17) is 4.42 Å². The zero-order chi connectivity index (χ0) is 14.0. The summed E-state index contributed by atoms with van der Waals surface area (Å²) in [6, 6.07) is 1.29. The molecule has 0 radical (unpaired) electrons. The molecule has 1 saturated heterocycles. The van der Waals surface area contributed by atoms with Crippen molar-refractivity contribution in [2.45, 2.75) is 65.6 Å². The maximum Gasteiger partial charge on any atom is 0.297 e. The van der Waals surface area contributed by atoms with Crippen LogP contribution in [0.2, 0.25) is 0 Å². The van der Waals surface area contributed by atoms with Crippen molar-refractivity contribution >= 4 is 6.01 Å². The van der Waals surface area contributed by atoms with E-state index < -0.39 is 0 Å². The van der Waals surface area contributed by atoms with Crippen molar-refractivity contribution in [2.75, 3.05) is 11.4 Å². The second-order valence-corrected chi connectivity index (χ2v) is 6.78. The Labute approximate surface area is 116 Å². The molecular formula is C15H27N3O. The van der Waals surface area contributed by atoms with Crippen LogP contribution in [-0.2, 0) is 6.54 Å². The summed E-state index contributed by atoms with van der Waals surface area (Å²) in [4.78, 5) is 6.92. The lowest BCUT2D eigenvalue weighted by Crippen LogP contribution is -2.42. The average Bonchev–Trinajstić information content (AvgIpc) is 2.78. The topological polar surface area (TPSA) is 41.3 Å². The first kappa shape index (κ1) is 14.4. The van der Waals surface area contributed by atoms with Crippen molar-refractivity contribution < 1.29 is 4.42 Å². The van der Waals surface area contributed by atoms with E-state index in [9.17, 15) is 0 Å². The minimum absolute atomic E-state index is 0.103. The lowest BCUT2D eigenvalue weighted by atomic mass is 9.92. The van der Waals surface area contributed by atoms with Crippen LogP contribution in [0.15, 0.2) is 10.7 Å². The molecule has 4 nitrogen and oxygen atoms in total. The Morgan fingerprint density at radius 3 is 2.84 bits per heavy atom. The predicted molar refractivity (Wildman–Crippen MR) is 78.3 cm³/mol. The van der Waals surface area contributed by atoms with E-state index in [1.54, 1.807) is 6.26 Å². The Morgan fingerprint density at radius 2 is 2.16 bits per heavy atom. The van der Waals surface area contributed by atoms with E-state index in [0.29, 0.717) is 12.0 Å². The van der Waals surface area contributed by atoms with Gasteiger partial charge in [-0.2, -0.15) is 4.98 Å². The smallest absolute Gasteiger partial charge is 0.297 e. The number of nitrogens with zero attached hydrogens (tertiary/aromatic N) is 2. The molecule has 2 rings (SSSR count). The van der Waals surface area contributed by atoms with Gasteiger partial charge in [-0.1, -0.05) is 6.92 Å². The van der Waals surface area contributed by atoms with Gasteiger partial charge in [-0.25, -0.2) is 0 Å². The lowest BCUT2D eigenvalue weighted by molar-refractivity contribution is 0.343. The van der Waals surface area contributed by atoms with Crippen LogP contribution >= 0.6 is 0 Å². The van der Waals surface area contributed by atoms with Gasteiger partial charge in [-0.15, -0.1) is 0 Å². The number of rotatable bonds is 3. The second kappa shape index (κ2) is 5.53. The molecule has 0 bridgehead atoms. The minimum Gasteiger partial charge on any atom is -0.432 e. The largest absolute Gasteiger partial charge is 0.432 e. The van der Waals surface area contributed by atoms with Crippen LogP contribution in [0.5, 0.6) is 0 Å². The fourth-order valence-corrected chi connectivity index (χ4v) is 2.47. The van der Waals surface area contributed by atoms with Gasteiger partial charge in [0, 0.05) is 24.7 Å². The summed E-state index contributed by atoms with van der Waals surface area (Å²) in [5, 5.41) is 3.43. The highest BCUT2D eigenvalue weighted by Crippen LogP contribution is 2.27. The monoisotopic (exact) mass is 265 g/mol. The van der Waals surface area contributed by atoms with Gasteiger partial charge in [0.25, 0.3) is 6.01 Å². The van der Waals surface area contributed by atoms with Crippen molar-refractivity contribution in [3.05, 3.63) is 12.0 Å². The van der Waals surface area contributed by atoms with Crippen molar-refractivity contribution in [3.8, 4) is 0 Å². The number of oxazole rings is 1. The maximum atomic E-state index is 5.66. The molecule has 1 aliphatic heterocycles. The molecule has 0 aliphatic carbocycles. The first-order valence-electron chi connectivity index (χ1n) is 7.33. The van der Waals surface area contributed by atoms with Crippen LogP contribution in [0.4, 0.5) is 6.01 Å². The van der Waals surface area contributed by atoms with E-state index in [1.165, 1.54) is 12.8 Å². The Morgan fingerprint density at radius 1 is 1.42 bits per heavy atom. The van der Waals surface area contributed by atoms with E-state index in [2.05, 4.69) is 49.8 Å². The van der Waals surface area contributed by atoms with Crippen LogP contribution < -0.4 is 10.2 Å². The van der Waals surface area contributed by atoms with Crippen LogP contribution in [0.25, 0.3) is 0 Å². The molecule has 2 heterocycles. The molecule has 2 unspecified atom stereocenters. The quantitative estimate of drug-likeness (QED) is 0.911. The molecule has 1 N–H and O–H groups in total. The molecule has 0 amide bonds. The van der Waals surface area contributed by atoms with Crippen LogP contribution in [0.3, 0.4) is 0 Å². The third-order valence-electron chi connectivity index (χ3n) is 3.96. The highest BCUT2D eigenvalue weighted by Gasteiger charge is 2.27. The van der Waals surface area contributed by atoms with Crippen molar-refractivity contribution in [3.63, 3.8) is 0 Å². The molecule has 108 valence electrons. The first-order chi connectivity index (χ1) is 8.87. The van der Waals surface area contributed by atoms with Crippen LogP contribution in [-0.4, -0.2) is 23.1 Å². The Bertz CT molecular complexity index is 408. The molecule has 0 spiro atoms. The molecule has 2 atom stereocenters. The highest BCUT2D eigenvalue weighted by atomic mass is 16.4. The summed E-state index contributed by atoms with van der Waals surface area (Å²) in [7, 11) is 0. The molecule has 4 heteroatoms. The summed E-state index contributed by atoms with van der Waals surface area (Å²) < 4.78 is 5.66. The predicted octanol–water partition coefficient (Wildman–Crippen LogP) is 3.19. The average molecular weight is 265 g/mol. The second-order valence-electron chi connectivity index (χ2n) is 6.78. The van der Waals surface area contributed by atoms with E-state index in [1.807, 2.05) is 0 Å². The fourth-order valence-electron chi connectivity index (χ4n) is 2.47. The molecule has 0 aromatic carbocycles. The van der Waals surface area contributed by atoms with E-state index in [-0.39, 0.29) is 5.54 Å². The van der Waals surface area contributed by atoms with Gasteiger partial charge in [-0.3, -0.25) is 0 Å². The maximum absolute atomic E-state index is 5.66.